The molecule has 0 saturated carbocycles. The van der Waals surface area contributed by atoms with Crippen LogP contribution in [0.3, 0.4) is 0 Å². The second-order valence-electron chi connectivity index (χ2n) is 22.9. The molecular weight excluding hydrogens is 928 g/mol. The van der Waals surface area contributed by atoms with Gasteiger partial charge in [0.15, 0.2) is 0 Å². The molecule has 1 amide bonds. The molecule has 0 aliphatic rings. The van der Waals surface area contributed by atoms with E-state index in [-0.39, 0.29) is 31.5 Å². The highest BCUT2D eigenvalue weighted by atomic mass is 31.2. The molecule has 1 N–H and O–H groups in total. The van der Waals surface area contributed by atoms with Crippen LogP contribution in [0.4, 0.5) is 0 Å². The average molecular weight is 1050 g/mol. The Morgan fingerprint density at radius 3 is 1.21 bits per heavy atom. The van der Waals surface area contributed by atoms with Gasteiger partial charge in [0, 0.05) is 12.8 Å². The SMILES string of the molecule is CCCC/C=C\CCCCCCCC(=O)OC(/C=C/CCCCCCCCCCCCC)C(COP(=O)([O-])OCC[N+](C)(C)C)NC(=O)CCCCCCCCCCCCCCCCCCCCCCCCC. The van der Waals surface area contributed by atoms with Crippen LogP contribution in [0.5, 0.6) is 0 Å². The van der Waals surface area contributed by atoms with Gasteiger partial charge in [0.25, 0.3) is 7.82 Å². The van der Waals surface area contributed by atoms with E-state index in [2.05, 4.69) is 38.2 Å². The first-order chi connectivity index (χ1) is 35.4. The number of esters is 1. The normalized spacial score (nSPS) is 13.8. The number of unbranched alkanes of at least 4 members (excludes halogenated alkanes) is 40. The van der Waals surface area contributed by atoms with Crippen LogP contribution in [0.2, 0.25) is 0 Å². The molecule has 0 radical (unpaired) electrons. The molecule has 73 heavy (non-hydrogen) atoms. The molecule has 9 nitrogen and oxygen atoms in total. The number of carbonyl (C=O) groups is 2. The zero-order valence-corrected chi connectivity index (χ0v) is 50.3. The molecule has 0 spiro atoms. The van der Waals surface area contributed by atoms with Gasteiger partial charge in [0.2, 0.25) is 5.91 Å². The van der Waals surface area contributed by atoms with Crippen molar-refractivity contribution >= 4 is 19.7 Å². The highest BCUT2D eigenvalue weighted by molar-refractivity contribution is 7.45. The summed E-state index contributed by atoms with van der Waals surface area (Å²) in [4.78, 5) is 39.9. The smallest absolute Gasteiger partial charge is 0.306 e. The van der Waals surface area contributed by atoms with Crippen molar-refractivity contribution in [3.8, 4) is 0 Å². The zero-order chi connectivity index (χ0) is 53.6. The Labute approximate surface area is 454 Å². The standard InChI is InChI=1S/C63H123N2O7P/c1-7-10-13-16-19-22-25-27-28-29-30-31-32-33-34-35-36-38-41-43-46-49-52-55-62(66)64-60(59-71-73(68,69)70-58-57-65(4,5)6)61(54-51-48-45-42-40-37-26-23-20-17-14-11-8-2)72-63(67)56-53-50-47-44-39-24-21-18-15-12-9-3/h18,21,51,54,60-61H,7-17,19-20,22-50,52-53,55-59H2,1-6H3,(H-,64,66,68,69)/b21-18-,54-51+. The molecule has 0 aromatic heterocycles. The number of rotatable bonds is 58. The molecule has 0 aromatic carbocycles. The Hall–Kier alpha value is -1.51. The van der Waals surface area contributed by atoms with Gasteiger partial charge in [0.05, 0.1) is 33.8 Å². The Bertz CT molecular complexity index is 1300. The van der Waals surface area contributed by atoms with Gasteiger partial charge in [-0.3, -0.25) is 14.2 Å². The maximum Gasteiger partial charge on any atom is 0.306 e. The van der Waals surface area contributed by atoms with Gasteiger partial charge in [-0.25, -0.2) is 0 Å². The van der Waals surface area contributed by atoms with Crippen molar-refractivity contribution < 1.29 is 37.3 Å². The molecule has 0 saturated heterocycles. The van der Waals surface area contributed by atoms with Crippen molar-refractivity contribution in [2.24, 2.45) is 0 Å². The van der Waals surface area contributed by atoms with E-state index in [1.54, 1.807) is 0 Å². The van der Waals surface area contributed by atoms with Gasteiger partial charge in [-0.1, -0.05) is 277 Å². The summed E-state index contributed by atoms with van der Waals surface area (Å²) in [5.41, 5.74) is 0. The van der Waals surface area contributed by atoms with Gasteiger partial charge in [0.1, 0.15) is 19.3 Å². The number of amides is 1. The van der Waals surface area contributed by atoms with Crippen molar-refractivity contribution in [3.63, 3.8) is 0 Å². The fourth-order valence-electron chi connectivity index (χ4n) is 9.45. The molecule has 0 rings (SSSR count). The van der Waals surface area contributed by atoms with Crippen LogP contribution in [0.25, 0.3) is 0 Å². The molecule has 0 heterocycles. The number of ether oxygens (including phenoxy) is 1. The monoisotopic (exact) mass is 1050 g/mol. The lowest BCUT2D eigenvalue weighted by Crippen LogP contribution is -2.47. The van der Waals surface area contributed by atoms with E-state index >= 15 is 0 Å². The van der Waals surface area contributed by atoms with Gasteiger partial charge in [-0.05, 0) is 51.0 Å². The van der Waals surface area contributed by atoms with E-state index in [4.69, 9.17) is 13.8 Å². The van der Waals surface area contributed by atoms with Crippen LogP contribution in [0.1, 0.15) is 316 Å². The lowest BCUT2D eigenvalue weighted by Gasteiger charge is -2.30. The van der Waals surface area contributed by atoms with E-state index in [9.17, 15) is 19.0 Å². The van der Waals surface area contributed by atoms with E-state index < -0.39 is 20.0 Å². The molecule has 3 unspecified atom stereocenters. The van der Waals surface area contributed by atoms with Crippen LogP contribution in [-0.2, 0) is 27.9 Å². The zero-order valence-electron chi connectivity index (χ0n) is 49.4. The van der Waals surface area contributed by atoms with Crippen molar-refractivity contribution in [2.75, 3.05) is 40.9 Å². The van der Waals surface area contributed by atoms with Gasteiger partial charge in [-0.2, -0.15) is 0 Å². The number of likely N-dealkylation sites (N-methyl/N-ethyl adjacent to an activating group) is 1. The van der Waals surface area contributed by atoms with E-state index in [1.165, 1.54) is 199 Å². The van der Waals surface area contributed by atoms with Crippen LogP contribution in [0.15, 0.2) is 24.3 Å². The second kappa shape index (κ2) is 53.9. The Kier molecular flexibility index (Phi) is 52.8. The number of carbonyl (C=O) groups excluding carboxylic acids is 2. The van der Waals surface area contributed by atoms with E-state index in [1.807, 2.05) is 33.3 Å². The van der Waals surface area contributed by atoms with Crippen LogP contribution >= 0.6 is 7.82 Å². The molecule has 0 fully saturated rings. The number of hydrogen-bond acceptors (Lipinski definition) is 7. The number of quaternary nitrogens is 1. The third-order valence-electron chi connectivity index (χ3n) is 14.4. The molecular formula is C63H123N2O7P. The number of hydrogen-bond donors (Lipinski definition) is 1. The van der Waals surface area contributed by atoms with Gasteiger partial charge in [-0.15, -0.1) is 0 Å². The molecule has 0 aliphatic heterocycles. The summed E-state index contributed by atoms with van der Waals surface area (Å²) in [6, 6.07) is -0.885. The van der Waals surface area contributed by atoms with Crippen molar-refractivity contribution in [1.82, 2.24) is 5.32 Å². The second-order valence-corrected chi connectivity index (χ2v) is 24.3. The first kappa shape index (κ1) is 71.5. The van der Waals surface area contributed by atoms with Crippen LogP contribution in [-0.4, -0.2) is 69.4 Å². The minimum atomic E-state index is -4.69. The van der Waals surface area contributed by atoms with Crippen molar-refractivity contribution in [3.05, 3.63) is 24.3 Å². The molecule has 0 aromatic rings. The summed E-state index contributed by atoms with van der Waals surface area (Å²) < 4.78 is 30.3. The fourth-order valence-corrected chi connectivity index (χ4v) is 10.2. The van der Waals surface area contributed by atoms with Crippen LogP contribution < -0.4 is 10.2 Å². The highest BCUT2D eigenvalue weighted by Gasteiger charge is 2.27. The lowest BCUT2D eigenvalue weighted by molar-refractivity contribution is -0.870. The molecule has 0 bridgehead atoms. The van der Waals surface area contributed by atoms with Crippen molar-refractivity contribution in [1.29, 1.82) is 0 Å². The number of nitrogens with zero attached hydrogens (tertiary/aromatic N) is 1. The number of nitrogens with one attached hydrogen (secondary N) is 1. The molecule has 0 aliphatic carbocycles. The molecule has 432 valence electrons. The van der Waals surface area contributed by atoms with Gasteiger partial charge < -0.3 is 28.5 Å². The summed E-state index contributed by atoms with van der Waals surface area (Å²) >= 11 is 0. The van der Waals surface area contributed by atoms with Crippen molar-refractivity contribution in [2.45, 2.75) is 328 Å². The number of phosphoric ester groups is 1. The Morgan fingerprint density at radius 1 is 0.466 bits per heavy atom. The maximum absolute atomic E-state index is 13.5. The predicted molar refractivity (Wildman–Crippen MR) is 312 cm³/mol. The Morgan fingerprint density at radius 2 is 0.808 bits per heavy atom. The Balaban J connectivity index is 5.09. The quantitative estimate of drug-likeness (QED) is 0.0212. The van der Waals surface area contributed by atoms with Crippen LogP contribution in [0, 0.1) is 0 Å². The highest BCUT2D eigenvalue weighted by Crippen LogP contribution is 2.38. The minimum absolute atomic E-state index is 0.0201. The fraction of sp³-hybridized carbons (Fsp3) is 0.905. The van der Waals surface area contributed by atoms with Gasteiger partial charge >= 0.3 is 5.97 Å². The predicted octanol–water partition coefficient (Wildman–Crippen LogP) is 18.7. The topological polar surface area (TPSA) is 114 Å². The third-order valence-corrected chi connectivity index (χ3v) is 15.3. The maximum atomic E-state index is 13.5. The molecule has 3 atom stereocenters. The summed E-state index contributed by atoms with van der Waals surface area (Å²) in [7, 11) is 1.20. The van der Waals surface area contributed by atoms with E-state index in [0.29, 0.717) is 17.4 Å². The minimum Gasteiger partial charge on any atom is -0.756 e. The third kappa shape index (κ3) is 55.1. The summed E-state index contributed by atoms with van der Waals surface area (Å²) in [6.45, 7) is 6.84. The molecule has 10 heteroatoms. The summed E-state index contributed by atoms with van der Waals surface area (Å²) in [5, 5.41) is 3.03. The first-order valence-corrected chi connectivity index (χ1v) is 33.1. The summed E-state index contributed by atoms with van der Waals surface area (Å²) in [5.74, 6) is -0.537. The van der Waals surface area contributed by atoms with E-state index in [0.717, 1.165) is 83.5 Å². The number of allylic oxidation sites excluding steroid dienone is 3. The lowest BCUT2D eigenvalue weighted by atomic mass is 10.0. The largest absolute Gasteiger partial charge is 0.756 e. The number of phosphoric acid groups is 1. The average Bonchev–Trinajstić information content (AvgIpc) is 3.35. The first-order valence-electron chi connectivity index (χ1n) is 31.6. The summed E-state index contributed by atoms with van der Waals surface area (Å²) in [6.07, 6.45) is 63.0.